The zero-order chi connectivity index (χ0) is 28.5. The molecule has 3 aliphatic rings. The van der Waals surface area contributed by atoms with Crippen molar-refractivity contribution in [3.8, 4) is 0 Å². The number of morpholine rings is 1. The standard InChI is InChI=1S/C33H31N5O4/c39-31(34-24-4-2-1-3-5-24)21-42-27-10-6-22(7-11-27)32-35-29-13-9-26(19-30(29)36-32)38-20-23-18-25(8-12-28(23)33(38)40)37-14-16-41-17-15-37/h1-6,8-13,18-19,22H,7,14-17,20-21H2,(H,34,39)(H,35,36). The molecule has 0 radical (unpaired) electrons. The predicted molar refractivity (Wildman–Crippen MR) is 162 cm³/mol. The minimum Gasteiger partial charge on any atom is -0.484 e. The number of aromatic nitrogens is 2. The number of amides is 2. The number of rotatable bonds is 7. The third kappa shape index (κ3) is 5.26. The number of nitrogens with zero attached hydrogens (tertiary/aromatic N) is 3. The van der Waals surface area contributed by atoms with Crippen LogP contribution in [0.15, 0.2) is 90.7 Å². The van der Waals surface area contributed by atoms with Crippen molar-refractivity contribution >= 4 is 39.9 Å². The molecule has 1 atom stereocenters. The molecule has 9 heteroatoms. The molecule has 2 aliphatic heterocycles. The highest BCUT2D eigenvalue weighted by molar-refractivity contribution is 6.10. The summed E-state index contributed by atoms with van der Waals surface area (Å²) in [6, 6.07) is 21.4. The number of para-hydroxylation sites is 1. The van der Waals surface area contributed by atoms with E-state index in [-0.39, 0.29) is 24.3 Å². The molecule has 2 N–H and O–H groups in total. The number of carbonyl (C=O) groups excluding carboxylic acids is 2. The van der Waals surface area contributed by atoms with Gasteiger partial charge in [-0.15, -0.1) is 0 Å². The van der Waals surface area contributed by atoms with Crippen molar-refractivity contribution in [2.45, 2.75) is 18.9 Å². The number of benzene rings is 3. The molecule has 0 spiro atoms. The Kier molecular flexibility index (Phi) is 6.93. The Morgan fingerprint density at radius 2 is 1.88 bits per heavy atom. The number of hydrogen-bond donors (Lipinski definition) is 2. The Morgan fingerprint density at radius 1 is 1.05 bits per heavy atom. The third-order valence-electron chi connectivity index (χ3n) is 7.91. The Labute approximate surface area is 243 Å². The molecule has 42 heavy (non-hydrogen) atoms. The normalized spacial score (nSPS) is 18.2. The van der Waals surface area contributed by atoms with Gasteiger partial charge in [-0.2, -0.15) is 0 Å². The van der Waals surface area contributed by atoms with E-state index in [9.17, 15) is 9.59 Å². The van der Waals surface area contributed by atoms with Gasteiger partial charge in [-0.3, -0.25) is 9.59 Å². The van der Waals surface area contributed by atoms with Gasteiger partial charge < -0.3 is 29.6 Å². The largest absolute Gasteiger partial charge is 0.484 e. The van der Waals surface area contributed by atoms with Crippen LogP contribution in [0.4, 0.5) is 17.1 Å². The van der Waals surface area contributed by atoms with Gasteiger partial charge in [0.2, 0.25) is 0 Å². The highest BCUT2D eigenvalue weighted by Gasteiger charge is 2.30. The maximum atomic E-state index is 13.3. The first-order chi connectivity index (χ1) is 20.6. The van der Waals surface area contributed by atoms with Gasteiger partial charge in [-0.05, 0) is 72.7 Å². The molecule has 7 rings (SSSR count). The van der Waals surface area contributed by atoms with Crippen LogP contribution >= 0.6 is 0 Å². The number of carbonyl (C=O) groups is 2. The van der Waals surface area contributed by atoms with E-state index < -0.39 is 0 Å². The second-order valence-electron chi connectivity index (χ2n) is 10.7. The summed E-state index contributed by atoms with van der Waals surface area (Å²) >= 11 is 0. The SMILES string of the molecule is O=C(COC1=CCC(c2nc3ccc(N4Cc5cc(N6CCOCC6)ccc5C4=O)cc3[nH]2)C=C1)Nc1ccccc1. The van der Waals surface area contributed by atoms with Crippen molar-refractivity contribution in [1.29, 1.82) is 0 Å². The van der Waals surface area contributed by atoms with Gasteiger partial charge in [-0.25, -0.2) is 4.98 Å². The maximum Gasteiger partial charge on any atom is 0.262 e. The summed E-state index contributed by atoms with van der Waals surface area (Å²) in [5, 5.41) is 2.82. The van der Waals surface area contributed by atoms with Crippen molar-refractivity contribution in [2.24, 2.45) is 0 Å². The molecule has 9 nitrogen and oxygen atoms in total. The van der Waals surface area contributed by atoms with Crippen molar-refractivity contribution in [3.05, 3.63) is 108 Å². The van der Waals surface area contributed by atoms with E-state index in [1.54, 1.807) is 0 Å². The van der Waals surface area contributed by atoms with E-state index in [4.69, 9.17) is 14.5 Å². The molecule has 1 fully saturated rings. The van der Waals surface area contributed by atoms with E-state index >= 15 is 0 Å². The van der Waals surface area contributed by atoms with Crippen molar-refractivity contribution in [3.63, 3.8) is 0 Å². The lowest BCUT2D eigenvalue weighted by Gasteiger charge is -2.29. The highest BCUT2D eigenvalue weighted by atomic mass is 16.5. The molecular weight excluding hydrogens is 530 g/mol. The van der Waals surface area contributed by atoms with Crippen LogP contribution in [0, 0.1) is 0 Å². The lowest BCUT2D eigenvalue weighted by Crippen LogP contribution is -2.36. The van der Waals surface area contributed by atoms with Crippen LogP contribution in [0.2, 0.25) is 0 Å². The predicted octanol–water partition coefficient (Wildman–Crippen LogP) is 5.14. The lowest BCUT2D eigenvalue weighted by atomic mass is 9.99. The molecule has 1 saturated heterocycles. The molecule has 1 aliphatic carbocycles. The lowest BCUT2D eigenvalue weighted by molar-refractivity contribution is -0.119. The number of imidazole rings is 1. The first-order valence-electron chi connectivity index (χ1n) is 14.2. The van der Waals surface area contributed by atoms with Crippen LogP contribution in [0.5, 0.6) is 0 Å². The van der Waals surface area contributed by atoms with Crippen LogP contribution in [-0.2, 0) is 20.8 Å². The molecule has 4 aromatic rings. The van der Waals surface area contributed by atoms with Crippen molar-refractivity contribution < 1.29 is 19.1 Å². The minimum absolute atomic E-state index is 0.0166. The molecule has 2 amide bonds. The maximum absolute atomic E-state index is 13.3. The van der Waals surface area contributed by atoms with Crippen molar-refractivity contribution in [2.75, 3.05) is 48.0 Å². The van der Waals surface area contributed by atoms with Crippen LogP contribution in [0.25, 0.3) is 11.0 Å². The van der Waals surface area contributed by atoms with Crippen LogP contribution < -0.4 is 15.1 Å². The molecule has 3 heterocycles. The number of aromatic amines is 1. The van der Waals surface area contributed by atoms with Gasteiger partial charge in [0.15, 0.2) is 6.61 Å². The number of hydrogen-bond acceptors (Lipinski definition) is 6. The summed E-state index contributed by atoms with van der Waals surface area (Å²) in [4.78, 5) is 37.9. The monoisotopic (exact) mass is 561 g/mol. The molecule has 0 bridgehead atoms. The highest BCUT2D eigenvalue weighted by Crippen LogP contribution is 2.34. The minimum atomic E-state index is -0.206. The first-order valence-corrected chi connectivity index (χ1v) is 14.2. The number of fused-ring (bicyclic) bond motifs is 2. The summed E-state index contributed by atoms with van der Waals surface area (Å²) in [6.45, 7) is 3.66. The Bertz CT molecular complexity index is 1700. The summed E-state index contributed by atoms with van der Waals surface area (Å²) in [6.07, 6.45) is 6.60. The second kappa shape index (κ2) is 11.2. The molecule has 1 unspecified atom stereocenters. The summed E-state index contributed by atoms with van der Waals surface area (Å²) in [7, 11) is 0. The van der Waals surface area contributed by atoms with E-state index in [1.807, 2.05) is 83.8 Å². The van der Waals surface area contributed by atoms with E-state index in [2.05, 4.69) is 21.3 Å². The average Bonchev–Trinajstić information content (AvgIpc) is 3.61. The number of H-pyrrole nitrogens is 1. The number of ether oxygens (including phenoxy) is 2. The van der Waals surface area contributed by atoms with Gasteiger partial charge in [0.1, 0.15) is 11.6 Å². The fourth-order valence-electron chi connectivity index (χ4n) is 5.67. The molecular formula is C33H31N5O4. The topological polar surface area (TPSA) is 99.8 Å². The third-order valence-corrected chi connectivity index (χ3v) is 7.91. The second-order valence-corrected chi connectivity index (χ2v) is 10.7. The number of nitrogens with one attached hydrogen (secondary N) is 2. The quantitative estimate of drug-likeness (QED) is 0.324. The summed E-state index contributed by atoms with van der Waals surface area (Å²) in [5.74, 6) is 1.38. The van der Waals surface area contributed by atoms with E-state index in [0.717, 1.165) is 71.4 Å². The van der Waals surface area contributed by atoms with Gasteiger partial charge in [0, 0.05) is 41.6 Å². The fourth-order valence-corrected chi connectivity index (χ4v) is 5.67. The van der Waals surface area contributed by atoms with Gasteiger partial charge >= 0.3 is 0 Å². The van der Waals surface area contributed by atoms with Gasteiger partial charge in [0.25, 0.3) is 11.8 Å². The Balaban J connectivity index is 0.994. The average molecular weight is 562 g/mol. The first kappa shape index (κ1) is 26.0. The zero-order valence-electron chi connectivity index (χ0n) is 23.1. The summed E-state index contributed by atoms with van der Waals surface area (Å²) in [5.41, 5.74) is 6.26. The summed E-state index contributed by atoms with van der Waals surface area (Å²) < 4.78 is 11.2. The zero-order valence-corrected chi connectivity index (χ0v) is 23.1. The Hall–Kier alpha value is -4.89. The van der Waals surface area contributed by atoms with Crippen LogP contribution in [0.1, 0.15) is 34.1 Å². The van der Waals surface area contributed by atoms with E-state index in [1.165, 1.54) is 0 Å². The Morgan fingerprint density at radius 3 is 2.69 bits per heavy atom. The number of anilines is 3. The number of allylic oxidation sites excluding steroid dienone is 3. The van der Waals surface area contributed by atoms with Gasteiger partial charge in [0.05, 0.1) is 30.8 Å². The molecule has 0 saturated carbocycles. The van der Waals surface area contributed by atoms with Gasteiger partial charge in [-0.1, -0.05) is 24.3 Å². The van der Waals surface area contributed by atoms with Crippen molar-refractivity contribution in [1.82, 2.24) is 9.97 Å². The molecule has 212 valence electrons. The fraction of sp³-hybridized carbons (Fsp3) is 0.242. The van der Waals surface area contributed by atoms with Crippen LogP contribution in [0.3, 0.4) is 0 Å². The molecule has 1 aromatic heterocycles. The van der Waals surface area contributed by atoms with E-state index in [0.29, 0.717) is 18.7 Å². The van der Waals surface area contributed by atoms with Crippen LogP contribution in [-0.4, -0.2) is 54.7 Å². The smallest absolute Gasteiger partial charge is 0.262 e. The molecule has 3 aromatic carbocycles.